The average molecular weight is 204 g/mol. The Hall–Kier alpha value is -1.38. The molecule has 0 fully saturated rings. The Morgan fingerprint density at radius 3 is 2.93 bits per heavy atom. The Morgan fingerprint density at radius 1 is 1.53 bits per heavy atom. The predicted octanol–water partition coefficient (Wildman–Crippen LogP) is 1.47. The van der Waals surface area contributed by atoms with Crippen LogP contribution in [0.5, 0.6) is 0 Å². The maximum absolute atomic E-state index is 11.4. The highest BCUT2D eigenvalue weighted by molar-refractivity contribution is 6.15. The third kappa shape index (κ3) is 1.62. The molecule has 0 aromatic rings. The van der Waals surface area contributed by atoms with Crippen molar-refractivity contribution >= 4 is 12.1 Å². The highest BCUT2D eigenvalue weighted by Crippen LogP contribution is 2.27. The van der Waals surface area contributed by atoms with Gasteiger partial charge in [-0.25, -0.2) is 0 Å². The molecular formula is C12H16N2O. The fourth-order valence-electron chi connectivity index (χ4n) is 1.66. The van der Waals surface area contributed by atoms with Crippen LogP contribution in [0.1, 0.15) is 20.8 Å². The minimum atomic E-state index is -0.190. The highest BCUT2D eigenvalue weighted by Gasteiger charge is 2.28. The highest BCUT2D eigenvalue weighted by atomic mass is 16.1. The minimum Gasteiger partial charge on any atom is -0.348 e. The third-order valence-corrected chi connectivity index (χ3v) is 3.29. The first-order valence-corrected chi connectivity index (χ1v) is 5.29. The van der Waals surface area contributed by atoms with E-state index in [1.165, 1.54) is 0 Å². The van der Waals surface area contributed by atoms with Crippen LogP contribution >= 0.6 is 0 Å². The standard InChI is InChI=1S/C12H16N2O/c1-8(2)12(3)5-4-9-6-13-11(15)10(9)7-14-12/h4-5,7-8H,6H2,1-3H3,(H,13,15). The molecule has 1 unspecified atom stereocenters. The van der Waals surface area contributed by atoms with E-state index in [1.54, 1.807) is 6.21 Å². The molecular weight excluding hydrogens is 188 g/mol. The van der Waals surface area contributed by atoms with Crippen LogP contribution < -0.4 is 5.32 Å². The van der Waals surface area contributed by atoms with Crippen molar-refractivity contribution in [3.8, 4) is 0 Å². The van der Waals surface area contributed by atoms with Gasteiger partial charge in [0.2, 0.25) is 0 Å². The van der Waals surface area contributed by atoms with E-state index in [4.69, 9.17) is 0 Å². The van der Waals surface area contributed by atoms with Crippen molar-refractivity contribution in [2.75, 3.05) is 6.54 Å². The van der Waals surface area contributed by atoms with Crippen LogP contribution in [-0.2, 0) is 4.79 Å². The lowest BCUT2D eigenvalue weighted by Gasteiger charge is -2.25. The molecule has 3 heteroatoms. The smallest absolute Gasteiger partial charge is 0.253 e. The second kappa shape index (κ2) is 3.33. The van der Waals surface area contributed by atoms with E-state index in [2.05, 4.69) is 37.2 Å². The fourth-order valence-corrected chi connectivity index (χ4v) is 1.66. The van der Waals surface area contributed by atoms with Gasteiger partial charge in [-0.1, -0.05) is 26.0 Å². The summed E-state index contributed by atoms with van der Waals surface area (Å²) < 4.78 is 0. The number of aliphatic imine (C=N–C) groups is 1. The van der Waals surface area contributed by atoms with Crippen molar-refractivity contribution in [1.82, 2.24) is 5.32 Å². The summed E-state index contributed by atoms with van der Waals surface area (Å²) in [4.78, 5) is 16.0. The molecule has 2 heterocycles. The zero-order chi connectivity index (χ0) is 11.1. The summed E-state index contributed by atoms with van der Waals surface area (Å²) in [6.07, 6.45) is 5.84. The molecule has 1 atom stereocenters. The van der Waals surface area contributed by atoms with E-state index in [1.807, 2.05) is 6.08 Å². The molecule has 0 spiro atoms. The lowest BCUT2D eigenvalue weighted by molar-refractivity contribution is -0.116. The lowest BCUT2D eigenvalue weighted by atomic mass is 9.88. The van der Waals surface area contributed by atoms with Gasteiger partial charge in [0.05, 0.1) is 11.1 Å². The molecule has 0 radical (unpaired) electrons. The van der Waals surface area contributed by atoms with Gasteiger partial charge in [0, 0.05) is 12.8 Å². The predicted molar refractivity (Wildman–Crippen MR) is 60.9 cm³/mol. The number of amides is 1. The Balaban J connectivity index is 2.37. The van der Waals surface area contributed by atoms with Gasteiger partial charge < -0.3 is 5.32 Å². The number of carbonyl (C=O) groups excluding carboxylic acids is 1. The van der Waals surface area contributed by atoms with E-state index in [0.29, 0.717) is 12.5 Å². The van der Waals surface area contributed by atoms with Gasteiger partial charge in [0.15, 0.2) is 0 Å². The molecule has 2 rings (SSSR count). The second-order valence-corrected chi connectivity index (χ2v) is 4.59. The Morgan fingerprint density at radius 2 is 2.27 bits per heavy atom. The van der Waals surface area contributed by atoms with Gasteiger partial charge in [-0.05, 0) is 18.4 Å². The summed E-state index contributed by atoms with van der Waals surface area (Å²) in [7, 11) is 0. The number of hydrogen-bond donors (Lipinski definition) is 1. The summed E-state index contributed by atoms with van der Waals surface area (Å²) in [5.74, 6) is 0.416. The van der Waals surface area contributed by atoms with Gasteiger partial charge in [-0.3, -0.25) is 9.79 Å². The first-order valence-electron chi connectivity index (χ1n) is 5.29. The summed E-state index contributed by atoms with van der Waals surface area (Å²) in [6.45, 7) is 6.99. The van der Waals surface area contributed by atoms with Crippen molar-refractivity contribution < 1.29 is 4.79 Å². The molecule has 0 saturated heterocycles. The first kappa shape index (κ1) is 10.1. The van der Waals surface area contributed by atoms with Gasteiger partial charge in [-0.15, -0.1) is 0 Å². The molecule has 3 nitrogen and oxygen atoms in total. The van der Waals surface area contributed by atoms with Crippen LogP contribution in [0.15, 0.2) is 28.3 Å². The molecule has 1 amide bonds. The molecule has 15 heavy (non-hydrogen) atoms. The van der Waals surface area contributed by atoms with Crippen LogP contribution in [0.25, 0.3) is 0 Å². The molecule has 0 aromatic carbocycles. The summed E-state index contributed by atoms with van der Waals surface area (Å²) in [6, 6.07) is 0. The van der Waals surface area contributed by atoms with E-state index < -0.39 is 0 Å². The van der Waals surface area contributed by atoms with Crippen LogP contribution in [0.3, 0.4) is 0 Å². The average Bonchev–Trinajstić information content (AvgIpc) is 2.42. The van der Waals surface area contributed by atoms with E-state index in [9.17, 15) is 4.79 Å². The van der Waals surface area contributed by atoms with E-state index in [-0.39, 0.29) is 11.4 Å². The Labute approximate surface area is 90.0 Å². The van der Waals surface area contributed by atoms with Crippen molar-refractivity contribution in [2.45, 2.75) is 26.3 Å². The number of rotatable bonds is 1. The summed E-state index contributed by atoms with van der Waals surface area (Å²) in [5.41, 5.74) is 1.58. The van der Waals surface area contributed by atoms with E-state index >= 15 is 0 Å². The van der Waals surface area contributed by atoms with Crippen molar-refractivity contribution in [1.29, 1.82) is 0 Å². The SMILES string of the molecule is CC(C)C1(C)C=CC2=C(C=N1)C(=O)NC2. The number of nitrogens with one attached hydrogen (secondary N) is 1. The first-order chi connectivity index (χ1) is 7.03. The monoisotopic (exact) mass is 204 g/mol. The van der Waals surface area contributed by atoms with Gasteiger partial charge in [0.25, 0.3) is 5.91 Å². The Bertz CT molecular complexity index is 390. The van der Waals surface area contributed by atoms with E-state index in [0.717, 1.165) is 11.1 Å². The minimum absolute atomic E-state index is 0.00796. The molecule has 2 aliphatic rings. The maximum atomic E-state index is 11.4. The molecule has 2 aliphatic heterocycles. The maximum Gasteiger partial charge on any atom is 0.253 e. The quantitative estimate of drug-likeness (QED) is 0.690. The third-order valence-electron chi connectivity index (χ3n) is 3.29. The van der Waals surface area contributed by atoms with Gasteiger partial charge in [-0.2, -0.15) is 0 Å². The normalized spacial score (nSPS) is 29.5. The molecule has 0 aromatic heterocycles. The molecule has 1 N–H and O–H groups in total. The van der Waals surface area contributed by atoms with Crippen LogP contribution in [0.2, 0.25) is 0 Å². The largest absolute Gasteiger partial charge is 0.348 e. The summed E-state index contributed by atoms with van der Waals surface area (Å²) >= 11 is 0. The number of carbonyl (C=O) groups is 1. The fraction of sp³-hybridized carbons (Fsp3) is 0.500. The molecule has 0 bridgehead atoms. The van der Waals surface area contributed by atoms with Crippen LogP contribution in [0.4, 0.5) is 0 Å². The van der Waals surface area contributed by atoms with Gasteiger partial charge in [0.1, 0.15) is 0 Å². The van der Waals surface area contributed by atoms with Crippen LogP contribution in [0, 0.1) is 5.92 Å². The van der Waals surface area contributed by atoms with Crippen molar-refractivity contribution in [2.24, 2.45) is 10.9 Å². The zero-order valence-electron chi connectivity index (χ0n) is 9.37. The zero-order valence-corrected chi connectivity index (χ0v) is 9.37. The molecule has 0 aliphatic carbocycles. The van der Waals surface area contributed by atoms with Crippen LogP contribution in [-0.4, -0.2) is 24.2 Å². The van der Waals surface area contributed by atoms with Gasteiger partial charge >= 0.3 is 0 Å². The number of nitrogens with zero attached hydrogens (tertiary/aromatic N) is 1. The number of hydrogen-bond acceptors (Lipinski definition) is 2. The summed E-state index contributed by atoms with van der Waals surface area (Å²) in [5, 5.41) is 2.79. The second-order valence-electron chi connectivity index (χ2n) is 4.59. The van der Waals surface area contributed by atoms with Crippen molar-refractivity contribution in [3.05, 3.63) is 23.3 Å². The molecule has 0 saturated carbocycles. The molecule has 80 valence electrons. The lowest BCUT2D eigenvalue weighted by Crippen LogP contribution is -2.27. The topological polar surface area (TPSA) is 41.5 Å². The Kier molecular flexibility index (Phi) is 2.25. The van der Waals surface area contributed by atoms with Crippen molar-refractivity contribution in [3.63, 3.8) is 0 Å².